The number of rotatable bonds is 2. The van der Waals surface area contributed by atoms with Crippen molar-refractivity contribution in [2.24, 2.45) is 0 Å². The zero-order valence-electron chi connectivity index (χ0n) is 9.23. The van der Waals surface area contributed by atoms with Crippen molar-refractivity contribution in [3.8, 4) is 11.5 Å². The quantitative estimate of drug-likeness (QED) is 0.734. The number of ether oxygens (including phenoxy) is 1. The van der Waals surface area contributed by atoms with Gasteiger partial charge in [-0.15, -0.1) is 0 Å². The number of hydrogen-bond acceptors (Lipinski definition) is 2. The molecule has 0 aliphatic heterocycles. The predicted octanol–water partition coefficient (Wildman–Crippen LogP) is 5.33. The van der Waals surface area contributed by atoms with Gasteiger partial charge in [0.1, 0.15) is 11.5 Å². The second-order valence-electron chi connectivity index (χ2n) is 3.01. The molecule has 0 radical (unpaired) electrons. The van der Waals surface area contributed by atoms with Crippen molar-refractivity contribution in [3.63, 3.8) is 0 Å². The van der Waals surface area contributed by atoms with Crippen LogP contribution in [0.15, 0.2) is 48.5 Å². The fraction of sp³-hybridized carbons (Fsp3) is 0.0769. The van der Waals surface area contributed by atoms with Crippen molar-refractivity contribution in [1.82, 2.24) is 0 Å². The van der Waals surface area contributed by atoms with Crippen LogP contribution in [0.4, 0.5) is 0 Å². The predicted molar refractivity (Wildman–Crippen MR) is 77.9 cm³/mol. The van der Waals surface area contributed by atoms with Crippen molar-refractivity contribution in [2.45, 2.75) is 0 Å². The minimum atomic E-state index is 0.693. The number of benzene rings is 2. The second kappa shape index (κ2) is 7.49. The fourth-order valence-electron chi connectivity index (χ4n) is 1.14. The third kappa shape index (κ3) is 4.90. The molecule has 90 valence electrons. The van der Waals surface area contributed by atoms with Crippen LogP contribution in [0.1, 0.15) is 0 Å². The molecule has 0 heterocycles. The molecule has 2 rings (SSSR count). The standard InChI is InChI=1S/C12H8Cl2O.CH4S/c13-9-1-5-11(6-2-9)15-12-7-3-10(14)4-8-12;1-2/h1-8H;2H,1H3. The Balaban J connectivity index is 0.000000686. The van der Waals surface area contributed by atoms with E-state index in [1.54, 1.807) is 30.5 Å². The van der Waals surface area contributed by atoms with Crippen molar-refractivity contribution in [3.05, 3.63) is 58.6 Å². The minimum Gasteiger partial charge on any atom is -0.457 e. The van der Waals surface area contributed by atoms with Gasteiger partial charge in [0.2, 0.25) is 0 Å². The summed E-state index contributed by atoms with van der Waals surface area (Å²) < 4.78 is 5.57. The molecule has 1 nitrogen and oxygen atoms in total. The van der Waals surface area contributed by atoms with Gasteiger partial charge in [0.15, 0.2) is 0 Å². The third-order valence-electron chi connectivity index (χ3n) is 1.86. The van der Waals surface area contributed by atoms with E-state index in [9.17, 15) is 0 Å². The summed E-state index contributed by atoms with van der Waals surface area (Å²) in [5.74, 6) is 1.50. The van der Waals surface area contributed by atoms with Crippen LogP contribution in [0.5, 0.6) is 11.5 Å². The van der Waals surface area contributed by atoms with Crippen molar-refractivity contribution in [2.75, 3.05) is 6.26 Å². The van der Waals surface area contributed by atoms with E-state index in [0.717, 1.165) is 11.5 Å². The summed E-state index contributed by atoms with van der Waals surface area (Å²) in [7, 11) is 0. The van der Waals surface area contributed by atoms with Crippen LogP contribution in [-0.4, -0.2) is 6.26 Å². The number of thiol groups is 1. The fourth-order valence-corrected chi connectivity index (χ4v) is 1.39. The highest BCUT2D eigenvalue weighted by molar-refractivity contribution is 7.79. The Hall–Kier alpha value is -0.830. The van der Waals surface area contributed by atoms with E-state index in [0.29, 0.717) is 10.0 Å². The Morgan fingerprint density at radius 2 is 1.00 bits per heavy atom. The Kier molecular flexibility index (Phi) is 6.27. The SMILES string of the molecule is CS.Clc1ccc(Oc2ccc(Cl)cc2)cc1. The highest BCUT2D eigenvalue weighted by Crippen LogP contribution is 2.24. The summed E-state index contributed by atoms with van der Waals surface area (Å²) in [4.78, 5) is 0. The lowest BCUT2D eigenvalue weighted by Gasteiger charge is -2.05. The first-order valence-corrected chi connectivity index (χ1v) is 6.53. The molecule has 0 aromatic heterocycles. The van der Waals surface area contributed by atoms with Gasteiger partial charge < -0.3 is 4.74 Å². The van der Waals surface area contributed by atoms with Gasteiger partial charge in [-0.25, -0.2) is 0 Å². The van der Waals surface area contributed by atoms with Gasteiger partial charge >= 0.3 is 0 Å². The van der Waals surface area contributed by atoms with Gasteiger partial charge in [0.25, 0.3) is 0 Å². The monoisotopic (exact) mass is 286 g/mol. The molecule has 0 saturated carbocycles. The maximum absolute atomic E-state index is 5.76. The summed E-state index contributed by atoms with van der Waals surface area (Å²) in [5.41, 5.74) is 0. The molecule has 2 aromatic carbocycles. The van der Waals surface area contributed by atoms with E-state index < -0.39 is 0 Å². The molecule has 0 N–H and O–H groups in total. The molecule has 2 aromatic rings. The van der Waals surface area contributed by atoms with Crippen LogP contribution < -0.4 is 4.74 Å². The highest BCUT2D eigenvalue weighted by Gasteiger charge is 1.96. The number of halogens is 2. The zero-order valence-corrected chi connectivity index (χ0v) is 11.6. The van der Waals surface area contributed by atoms with E-state index in [4.69, 9.17) is 27.9 Å². The van der Waals surface area contributed by atoms with Gasteiger partial charge in [-0.3, -0.25) is 0 Å². The Morgan fingerprint density at radius 3 is 1.29 bits per heavy atom. The number of hydrogen-bond donors (Lipinski definition) is 1. The third-order valence-corrected chi connectivity index (χ3v) is 2.37. The molecule has 0 spiro atoms. The van der Waals surface area contributed by atoms with Crippen LogP contribution >= 0.6 is 35.8 Å². The van der Waals surface area contributed by atoms with Crippen LogP contribution in [0, 0.1) is 0 Å². The lowest BCUT2D eigenvalue weighted by atomic mass is 10.3. The van der Waals surface area contributed by atoms with Crippen molar-refractivity contribution >= 4 is 35.8 Å². The molecule has 0 amide bonds. The molecule has 17 heavy (non-hydrogen) atoms. The van der Waals surface area contributed by atoms with E-state index in [2.05, 4.69) is 12.6 Å². The van der Waals surface area contributed by atoms with Crippen LogP contribution in [0.2, 0.25) is 10.0 Å². The first-order valence-electron chi connectivity index (χ1n) is 4.88. The van der Waals surface area contributed by atoms with Gasteiger partial charge in [0, 0.05) is 10.0 Å². The van der Waals surface area contributed by atoms with Crippen molar-refractivity contribution < 1.29 is 4.74 Å². The summed E-state index contributed by atoms with van der Waals surface area (Å²) in [6.45, 7) is 0. The Bertz CT molecular complexity index is 396. The molecule has 4 heteroatoms. The van der Waals surface area contributed by atoms with E-state index in [1.165, 1.54) is 0 Å². The smallest absolute Gasteiger partial charge is 0.127 e. The minimum absolute atomic E-state index is 0.693. The summed E-state index contributed by atoms with van der Waals surface area (Å²) in [5, 5.41) is 1.39. The van der Waals surface area contributed by atoms with Crippen LogP contribution in [0.25, 0.3) is 0 Å². The average molecular weight is 287 g/mol. The van der Waals surface area contributed by atoms with Gasteiger partial charge in [-0.2, -0.15) is 12.6 Å². The summed E-state index contributed by atoms with van der Waals surface area (Å²) in [6, 6.07) is 14.4. The molecule has 0 unspecified atom stereocenters. The average Bonchev–Trinajstić information content (AvgIpc) is 2.37. The van der Waals surface area contributed by atoms with Gasteiger partial charge in [0.05, 0.1) is 0 Å². The summed E-state index contributed by atoms with van der Waals surface area (Å²) in [6.07, 6.45) is 1.69. The maximum Gasteiger partial charge on any atom is 0.127 e. The molecule has 0 atom stereocenters. The van der Waals surface area contributed by atoms with Crippen LogP contribution in [-0.2, 0) is 0 Å². The lowest BCUT2D eigenvalue weighted by Crippen LogP contribution is -1.82. The highest BCUT2D eigenvalue weighted by atomic mass is 35.5. The largest absolute Gasteiger partial charge is 0.457 e. The first-order chi connectivity index (χ1) is 8.24. The Labute approximate surface area is 117 Å². The van der Waals surface area contributed by atoms with Crippen LogP contribution in [0.3, 0.4) is 0 Å². The molecule has 0 fully saturated rings. The summed E-state index contributed by atoms with van der Waals surface area (Å²) >= 11 is 15.1. The van der Waals surface area contributed by atoms with Gasteiger partial charge in [-0.05, 0) is 54.8 Å². The van der Waals surface area contributed by atoms with Crippen molar-refractivity contribution in [1.29, 1.82) is 0 Å². The lowest BCUT2D eigenvalue weighted by molar-refractivity contribution is 0.483. The molecule has 0 aliphatic carbocycles. The van der Waals surface area contributed by atoms with E-state index in [1.807, 2.05) is 24.3 Å². The van der Waals surface area contributed by atoms with E-state index in [-0.39, 0.29) is 0 Å². The normalized spacial score (nSPS) is 9.18. The molecular formula is C13H12Cl2OS. The second-order valence-corrected chi connectivity index (χ2v) is 3.88. The maximum atomic E-state index is 5.76. The Morgan fingerprint density at radius 1 is 0.706 bits per heavy atom. The first kappa shape index (κ1) is 14.2. The van der Waals surface area contributed by atoms with E-state index >= 15 is 0 Å². The van der Waals surface area contributed by atoms with Gasteiger partial charge in [-0.1, -0.05) is 23.2 Å². The zero-order chi connectivity index (χ0) is 12.7. The molecule has 0 bridgehead atoms. The molecular weight excluding hydrogens is 275 g/mol. The molecule has 0 saturated heterocycles. The molecule has 0 aliphatic rings. The topological polar surface area (TPSA) is 9.23 Å².